The number of anilines is 1. The lowest BCUT2D eigenvalue weighted by atomic mass is 9.85. The van der Waals surface area contributed by atoms with Crippen molar-refractivity contribution in [2.75, 3.05) is 11.4 Å². The number of piperidine rings is 1. The molecule has 36 heavy (non-hydrogen) atoms. The van der Waals surface area contributed by atoms with E-state index in [4.69, 9.17) is 0 Å². The summed E-state index contributed by atoms with van der Waals surface area (Å²) < 4.78 is 70.4. The molecule has 2 heterocycles. The van der Waals surface area contributed by atoms with Crippen LogP contribution in [0.5, 0.6) is 0 Å². The molecule has 4 atom stereocenters. The highest BCUT2D eigenvalue weighted by atomic mass is 19.4. The standard InChI is InChI=1S/C25H28F5N5O/c1-16-11-19(9-10-35(16)23-6-4-3-5-21(23)25(28,29)30)33-17(2)24(36,13-34-15-31-14-32-34)20-8-7-18(26)12-22(20)27/h3-8,12,14-17,19,33,36H,9-11,13H2,1-2H3/t16?,17-,19?,24-/m1/s1. The Balaban J connectivity index is 1.53. The number of para-hydroxylation sites is 1. The lowest BCUT2D eigenvalue weighted by Crippen LogP contribution is -2.56. The second-order valence-corrected chi connectivity index (χ2v) is 9.31. The molecule has 2 aromatic carbocycles. The summed E-state index contributed by atoms with van der Waals surface area (Å²) in [5.41, 5.74) is -2.44. The van der Waals surface area contributed by atoms with E-state index < -0.39 is 35.0 Å². The van der Waals surface area contributed by atoms with Crippen LogP contribution in [0.2, 0.25) is 0 Å². The Hall–Kier alpha value is -3.05. The second kappa shape index (κ2) is 10.1. The fraction of sp³-hybridized carbons (Fsp3) is 0.440. The third kappa shape index (κ3) is 5.36. The van der Waals surface area contributed by atoms with Crippen molar-refractivity contribution in [3.05, 3.63) is 77.9 Å². The summed E-state index contributed by atoms with van der Waals surface area (Å²) in [6.45, 7) is 3.77. The van der Waals surface area contributed by atoms with Gasteiger partial charge in [0.1, 0.15) is 29.9 Å². The van der Waals surface area contributed by atoms with Crippen molar-refractivity contribution in [3.63, 3.8) is 0 Å². The van der Waals surface area contributed by atoms with Gasteiger partial charge in [-0.05, 0) is 44.9 Å². The molecule has 11 heteroatoms. The van der Waals surface area contributed by atoms with E-state index in [2.05, 4.69) is 15.4 Å². The average molecular weight is 510 g/mol. The Morgan fingerprint density at radius 3 is 2.53 bits per heavy atom. The van der Waals surface area contributed by atoms with Crippen LogP contribution in [-0.4, -0.2) is 44.5 Å². The van der Waals surface area contributed by atoms with Gasteiger partial charge in [-0.2, -0.15) is 18.3 Å². The molecule has 0 radical (unpaired) electrons. The van der Waals surface area contributed by atoms with E-state index in [1.165, 1.54) is 35.5 Å². The molecule has 0 saturated carbocycles. The van der Waals surface area contributed by atoms with E-state index in [9.17, 15) is 27.1 Å². The van der Waals surface area contributed by atoms with Crippen LogP contribution in [0.15, 0.2) is 55.1 Å². The number of nitrogens with zero attached hydrogens (tertiary/aromatic N) is 4. The summed E-state index contributed by atoms with van der Waals surface area (Å²) in [6.07, 6.45) is -0.779. The number of hydrogen-bond donors (Lipinski definition) is 2. The van der Waals surface area contributed by atoms with Gasteiger partial charge in [0.2, 0.25) is 0 Å². The molecule has 0 amide bonds. The molecular weight excluding hydrogens is 481 g/mol. The van der Waals surface area contributed by atoms with Crippen LogP contribution in [0, 0.1) is 11.6 Å². The molecule has 0 aliphatic carbocycles. The van der Waals surface area contributed by atoms with E-state index >= 15 is 0 Å². The van der Waals surface area contributed by atoms with E-state index in [1.807, 2.05) is 6.92 Å². The number of hydrogen-bond acceptors (Lipinski definition) is 5. The van der Waals surface area contributed by atoms with Crippen molar-refractivity contribution < 1.29 is 27.1 Å². The fourth-order valence-corrected chi connectivity index (χ4v) is 4.99. The third-order valence-corrected chi connectivity index (χ3v) is 6.86. The van der Waals surface area contributed by atoms with Crippen molar-refractivity contribution in [2.24, 2.45) is 0 Å². The zero-order valence-electron chi connectivity index (χ0n) is 19.9. The molecule has 1 aliphatic rings. The highest BCUT2D eigenvalue weighted by Gasteiger charge is 2.41. The van der Waals surface area contributed by atoms with Gasteiger partial charge in [-0.25, -0.2) is 18.4 Å². The molecule has 1 saturated heterocycles. The van der Waals surface area contributed by atoms with Crippen molar-refractivity contribution in [1.29, 1.82) is 0 Å². The van der Waals surface area contributed by atoms with Crippen LogP contribution in [0.1, 0.15) is 37.8 Å². The molecule has 4 rings (SSSR count). The minimum absolute atomic E-state index is 0.0935. The van der Waals surface area contributed by atoms with Gasteiger partial charge < -0.3 is 15.3 Å². The SMILES string of the molecule is CC1CC(N[C@H](C)[C@](O)(Cn2cncn2)c2ccc(F)cc2F)CCN1c1ccccc1C(F)(F)F. The number of rotatable bonds is 7. The number of aliphatic hydroxyl groups is 1. The van der Waals surface area contributed by atoms with Gasteiger partial charge in [0.15, 0.2) is 0 Å². The molecule has 6 nitrogen and oxygen atoms in total. The maximum absolute atomic E-state index is 14.8. The lowest BCUT2D eigenvalue weighted by Gasteiger charge is -2.43. The first-order valence-electron chi connectivity index (χ1n) is 11.7. The monoisotopic (exact) mass is 509 g/mol. The van der Waals surface area contributed by atoms with Gasteiger partial charge in [0, 0.05) is 42.0 Å². The lowest BCUT2D eigenvalue weighted by molar-refractivity contribution is -0.137. The van der Waals surface area contributed by atoms with Crippen LogP contribution in [-0.2, 0) is 18.3 Å². The largest absolute Gasteiger partial charge is 0.418 e. The van der Waals surface area contributed by atoms with Gasteiger partial charge in [-0.3, -0.25) is 0 Å². The maximum atomic E-state index is 14.8. The number of benzene rings is 2. The highest BCUT2D eigenvalue weighted by Crippen LogP contribution is 2.39. The molecule has 2 unspecified atom stereocenters. The van der Waals surface area contributed by atoms with Gasteiger partial charge in [0.25, 0.3) is 0 Å². The first-order valence-corrected chi connectivity index (χ1v) is 11.7. The Kier molecular flexibility index (Phi) is 7.33. The minimum Gasteiger partial charge on any atom is -0.381 e. The molecule has 1 aromatic heterocycles. The Bertz CT molecular complexity index is 1170. The van der Waals surface area contributed by atoms with Crippen molar-refractivity contribution in [1.82, 2.24) is 20.1 Å². The second-order valence-electron chi connectivity index (χ2n) is 9.31. The molecule has 3 aromatic rings. The van der Waals surface area contributed by atoms with Crippen LogP contribution < -0.4 is 10.2 Å². The van der Waals surface area contributed by atoms with Gasteiger partial charge in [-0.15, -0.1) is 0 Å². The quantitative estimate of drug-likeness (QED) is 0.460. The summed E-state index contributed by atoms with van der Waals surface area (Å²) in [6, 6.07) is 7.42. The van der Waals surface area contributed by atoms with Gasteiger partial charge in [-0.1, -0.05) is 18.2 Å². The van der Waals surface area contributed by atoms with Crippen molar-refractivity contribution >= 4 is 5.69 Å². The van der Waals surface area contributed by atoms with E-state index in [-0.39, 0.29) is 29.9 Å². The van der Waals surface area contributed by atoms with Gasteiger partial charge in [0.05, 0.1) is 12.1 Å². The van der Waals surface area contributed by atoms with Crippen LogP contribution in [0.3, 0.4) is 0 Å². The molecule has 194 valence electrons. The summed E-state index contributed by atoms with van der Waals surface area (Å²) in [4.78, 5) is 5.61. The Morgan fingerprint density at radius 1 is 1.14 bits per heavy atom. The predicted octanol–water partition coefficient (Wildman–Crippen LogP) is 4.50. The van der Waals surface area contributed by atoms with E-state index in [0.29, 0.717) is 25.5 Å². The molecule has 0 spiro atoms. The van der Waals surface area contributed by atoms with Crippen LogP contribution in [0.25, 0.3) is 0 Å². The molecule has 2 N–H and O–H groups in total. The van der Waals surface area contributed by atoms with E-state index in [0.717, 1.165) is 12.1 Å². The number of alkyl halides is 3. The van der Waals surface area contributed by atoms with Crippen LogP contribution in [0.4, 0.5) is 27.6 Å². The number of aromatic nitrogens is 3. The normalized spacial score (nSPS) is 21.3. The smallest absolute Gasteiger partial charge is 0.381 e. The van der Waals surface area contributed by atoms with E-state index in [1.54, 1.807) is 17.9 Å². The summed E-state index contributed by atoms with van der Waals surface area (Å²) in [5.74, 6) is -1.65. The average Bonchev–Trinajstić information content (AvgIpc) is 3.31. The molecule has 1 fully saturated rings. The van der Waals surface area contributed by atoms with Crippen LogP contribution >= 0.6 is 0 Å². The Labute approximate surface area is 205 Å². The number of nitrogens with one attached hydrogen (secondary N) is 1. The summed E-state index contributed by atoms with van der Waals surface area (Å²) in [7, 11) is 0. The predicted molar refractivity (Wildman–Crippen MR) is 124 cm³/mol. The Morgan fingerprint density at radius 2 is 1.89 bits per heavy atom. The molecular formula is C25H28F5N5O. The molecule has 0 bridgehead atoms. The highest BCUT2D eigenvalue weighted by molar-refractivity contribution is 5.56. The minimum atomic E-state index is -4.46. The maximum Gasteiger partial charge on any atom is 0.418 e. The van der Waals surface area contributed by atoms with Crippen molar-refractivity contribution in [3.8, 4) is 0 Å². The topological polar surface area (TPSA) is 66.2 Å². The first-order chi connectivity index (χ1) is 17.0. The first kappa shape index (κ1) is 26.0. The van der Waals surface area contributed by atoms with Gasteiger partial charge >= 0.3 is 6.18 Å². The summed E-state index contributed by atoms with van der Waals surface area (Å²) in [5, 5.41) is 19.0. The summed E-state index contributed by atoms with van der Waals surface area (Å²) >= 11 is 0. The zero-order valence-corrected chi connectivity index (χ0v) is 19.9. The fourth-order valence-electron chi connectivity index (χ4n) is 4.99. The van der Waals surface area contributed by atoms with Crippen molar-refractivity contribution in [2.45, 2.75) is 63.1 Å². The number of halogens is 5. The molecule has 1 aliphatic heterocycles. The zero-order chi connectivity index (χ0) is 26.1. The third-order valence-electron chi connectivity index (χ3n) is 6.86.